The molecule has 2 aliphatic rings. The maximum absolute atomic E-state index is 15.0. The van der Waals surface area contributed by atoms with Crippen molar-refractivity contribution in [2.45, 2.75) is 63.6 Å². The summed E-state index contributed by atoms with van der Waals surface area (Å²) in [7, 11) is 3.36. The van der Waals surface area contributed by atoms with Gasteiger partial charge in [0.1, 0.15) is 18.0 Å². The molecule has 3 amide bonds. The van der Waals surface area contributed by atoms with Crippen molar-refractivity contribution in [3.05, 3.63) is 24.7 Å². The maximum Gasteiger partial charge on any atom is 0.413 e. The first kappa shape index (κ1) is 30.1. The van der Waals surface area contributed by atoms with Gasteiger partial charge in [0.05, 0.1) is 19.0 Å². The van der Waals surface area contributed by atoms with Crippen LogP contribution >= 0.6 is 0 Å². The van der Waals surface area contributed by atoms with Gasteiger partial charge in [-0.05, 0) is 32.9 Å². The number of nitrogens with one attached hydrogen (secondary N) is 2. The van der Waals surface area contributed by atoms with E-state index in [0.717, 1.165) is 30.7 Å². The summed E-state index contributed by atoms with van der Waals surface area (Å²) in [6.45, 7) is 4.88. The third kappa shape index (κ3) is 7.65. The number of carbonyl (C=O) groups excluding carboxylic acids is 2. The summed E-state index contributed by atoms with van der Waals surface area (Å²) in [5.74, 6) is -2.43. The van der Waals surface area contributed by atoms with Crippen LogP contribution in [0.15, 0.2) is 24.7 Å². The number of piperidine rings is 2. The quantitative estimate of drug-likeness (QED) is 0.480. The molecular weight excluding hydrogens is 540 g/mol. The van der Waals surface area contributed by atoms with Gasteiger partial charge in [0.2, 0.25) is 11.8 Å². The van der Waals surface area contributed by atoms with Gasteiger partial charge < -0.3 is 24.2 Å². The summed E-state index contributed by atoms with van der Waals surface area (Å²) >= 11 is 0. The summed E-state index contributed by atoms with van der Waals surface area (Å²) in [6.07, 6.45) is 5.17. The maximum atomic E-state index is 15.0. The highest BCUT2D eigenvalue weighted by molar-refractivity contribution is 5.88. The number of nitrogens with zero attached hydrogens (tertiary/aromatic N) is 7. The van der Waals surface area contributed by atoms with E-state index in [1.807, 2.05) is 0 Å². The van der Waals surface area contributed by atoms with Gasteiger partial charge in [0.25, 0.3) is 5.92 Å². The Morgan fingerprint density at radius 1 is 1.15 bits per heavy atom. The molecule has 0 bridgehead atoms. The molecule has 2 aromatic rings. The number of urea groups is 1. The lowest BCUT2D eigenvalue weighted by Gasteiger charge is -2.42. The van der Waals surface area contributed by atoms with Crippen LogP contribution in [-0.2, 0) is 4.74 Å². The van der Waals surface area contributed by atoms with Crippen molar-refractivity contribution in [2.75, 3.05) is 55.9 Å². The Balaban J connectivity index is 1.37. The summed E-state index contributed by atoms with van der Waals surface area (Å²) in [6, 6.07) is -0.394. The van der Waals surface area contributed by atoms with Crippen LogP contribution in [0.5, 0.6) is 5.88 Å². The van der Waals surface area contributed by atoms with E-state index in [4.69, 9.17) is 9.47 Å². The Morgan fingerprint density at radius 3 is 2.66 bits per heavy atom. The van der Waals surface area contributed by atoms with E-state index in [-0.39, 0.29) is 42.7 Å². The fourth-order valence-electron chi connectivity index (χ4n) is 4.99. The van der Waals surface area contributed by atoms with E-state index in [1.165, 1.54) is 31.7 Å². The van der Waals surface area contributed by atoms with Crippen molar-refractivity contribution in [2.24, 2.45) is 0 Å². The van der Waals surface area contributed by atoms with Crippen molar-refractivity contribution in [1.82, 2.24) is 29.7 Å². The number of hydrogen-bond donors (Lipinski definition) is 2. The fourth-order valence-corrected chi connectivity index (χ4v) is 4.99. The minimum absolute atomic E-state index is 0.0365. The Kier molecular flexibility index (Phi) is 9.68. The van der Waals surface area contributed by atoms with E-state index in [2.05, 4.69) is 49.4 Å². The summed E-state index contributed by atoms with van der Waals surface area (Å²) < 4.78 is 40.8. The molecule has 0 spiro atoms. The van der Waals surface area contributed by atoms with E-state index in [1.54, 1.807) is 11.8 Å². The molecule has 0 saturated carbocycles. The second-order valence-electron chi connectivity index (χ2n) is 10.1. The number of hydrogen-bond acceptors (Lipinski definition) is 10. The first-order valence-corrected chi connectivity index (χ1v) is 13.7. The lowest BCUT2D eigenvalue weighted by Crippen LogP contribution is -2.60. The Morgan fingerprint density at radius 2 is 1.95 bits per heavy atom. The van der Waals surface area contributed by atoms with Gasteiger partial charge in [-0.15, -0.1) is 0 Å². The second-order valence-corrected chi connectivity index (χ2v) is 10.1. The van der Waals surface area contributed by atoms with Gasteiger partial charge in [0.15, 0.2) is 5.82 Å². The number of amides is 3. The number of halogens is 2. The third-order valence-corrected chi connectivity index (χ3v) is 7.40. The van der Waals surface area contributed by atoms with Gasteiger partial charge in [-0.1, -0.05) is 6.92 Å². The SMILES string of the molecule is CCOc1cnc(NC(=O)N(C)[C@H]2CN(c3nccc(NC(=O)O[C@@H]4CCN(C)[C@H](CC)C4)n3)CCC2(F)F)cn1. The van der Waals surface area contributed by atoms with Crippen molar-refractivity contribution >= 4 is 29.7 Å². The smallest absolute Gasteiger partial charge is 0.413 e. The molecule has 2 aromatic heterocycles. The van der Waals surface area contributed by atoms with Crippen LogP contribution in [0.4, 0.5) is 36.0 Å². The lowest BCUT2D eigenvalue weighted by molar-refractivity contribution is -0.0760. The number of alkyl halides is 2. The van der Waals surface area contributed by atoms with Gasteiger partial charge in [-0.2, -0.15) is 4.98 Å². The van der Waals surface area contributed by atoms with Crippen molar-refractivity contribution in [1.29, 1.82) is 0 Å². The van der Waals surface area contributed by atoms with Crippen LogP contribution in [-0.4, -0.2) is 106 Å². The normalized spacial score (nSPS) is 22.5. The molecule has 41 heavy (non-hydrogen) atoms. The minimum Gasteiger partial charge on any atom is -0.477 e. The van der Waals surface area contributed by atoms with Crippen LogP contribution in [0.1, 0.15) is 39.5 Å². The minimum atomic E-state index is -3.16. The molecule has 2 aliphatic heterocycles. The first-order chi connectivity index (χ1) is 19.6. The summed E-state index contributed by atoms with van der Waals surface area (Å²) in [5.41, 5.74) is 0. The topological polar surface area (TPSA) is 138 Å². The average Bonchev–Trinajstić information content (AvgIpc) is 2.95. The molecule has 3 atom stereocenters. The van der Waals surface area contributed by atoms with Crippen molar-refractivity contribution in [3.8, 4) is 5.88 Å². The van der Waals surface area contributed by atoms with Crippen LogP contribution in [0.2, 0.25) is 0 Å². The first-order valence-electron chi connectivity index (χ1n) is 13.7. The zero-order valence-corrected chi connectivity index (χ0v) is 23.7. The van der Waals surface area contributed by atoms with Crippen LogP contribution in [0.25, 0.3) is 0 Å². The molecule has 0 aliphatic carbocycles. The zero-order valence-electron chi connectivity index (χ0n) is 23.7. The van der Waals surface area contributed by atoms with Crippen molar-refractivity contribution in [3.63, 3.8) is 0 Å². The van der Waals surface area contributed by atoms with Gasteiger partial charge in [-0.3, -0.25) is 10.6 Å². The number of likely N-dealkylation sites (N-methyl/N-ethyl adjacent to an activating group) is 1. The van der Waals surface area contributed by atoms with E-state index >= 15 is 0 Å². The Bertz CT molecular complexity index is 1190. The molecule has 2 fully saturated rings. The number of ether oxygens (including phenoxy) is 2. The van der Waals surface area contributed by atoms with E-state index in [0.29, 0.717) is 12.6 Å². The van der Waals surface area contributed by atoms with E-state index < -0.39 is 30.5 Å². The Hall–Kier alpha value is -3.88. The highest BCUT2D eigenvalue weighted by Gasteiger charge is 2.48. The van der Waals surface area contributed by atoms with Crippen LogP contribution < -0.4 is 20.3 Å². The third-order valence-electron chi connectivity index (χ3n) is 7.40. The number of carbonyl (C=O) groups is 2. The second kappa shape index (κ2) is 13.2. The number of aromatic nitrogens is 4. The summed E-state index contributed by atoms with van der Waals surface area (Å²) in [4.78, 5) is 46.8. The number of likely N-dealkylation sites (tertiary alicyclic amines) is 1. The molecule has 0 unspecified atom stereocenters. The molecule has 0 radical (unpaired) electrons. The Labute approximate surface area is 237 Å². The highest BCUT2D eigenvalue weighted by atomic mass is 19.3. The average molecular weight is 578 g/mol. The lowest BCUT2D eigenvalue weighted by atomic mass is 9.98. The molecule has 2 saturated heterocycles. The zero-order chi connectivity index (χ0) is 29.6. The predicted octanol–water partition coefficient (Wildman–Crippen LogP) is 3.46. The molecule has 0 aromatic carbocycles. The number of anilines is 3. The van der Waals surface area contributed by atoms with E-state index in [9.17, 15) is 18.4 Å². The summed E-state index contributed by atoms with van der Waals surface area (Å²) in [5, 5.41) is 5.11. The molecular formula is C26H37F2N9O4. The standard InChI is InChI=1S/C26H37F2N9O4/c1-5-17-13-18(8-11-35(17)3)41-25(39)34-20-7-10-29-23(32-20)37-12-9-26(27,28)19(16-37)36(4)24(38)33-21-14-31-22(15-30-21)40-6-2/h7,10,14-15,17-19H,5-6,8-9,11-13,16H2,1-4H3,(H,30,33,38)(H,29,32,34,39)/t17-,18-,19+/m1/s1. The van der Waals surface area contributed by atoms with Gasteiger partial charge >= 0.3 is 12.1 Å². The highest BCUT2D eigenvalue weighted by Crippen LogP contribution is 2.33. The molecule has 2 N–H and O–H groups in total. The predicted molar refractivity (Wildman–Crippen MR) is 147 cm³/mol. The molecule has 224 valence electrons. The number of rotatable bonds is 8. The van der Waals surface area contributed by atoms with Crippen LogP contribution in [0, 0.1) is 0 Å². The molecule has 4 rings (SSSR count). The largest absolute Gasteiger partial charge is 0.477 e. The molecule has 4 heterocycles. The van der Waals surface area contributed by atoms with Crippen LogP contribution in [0.3, 0.4) is 0 Å². The van der Waals surface area contributed by atoms with Gasteiger partial charge in [0, 0.05) is 51.8 Å². The molecule has 13 nitrogen and oxygen atoms in total. The monoisotopic (exact) mass is 577 g/mol. The fraction of sp³-hybridized carbons (Fsp3) is 0.615. The van der Waals surface area contributed by atoms with Crippen molar-refractivity contribution < 1.29 is 27.8 Å². The van der Waals surface area contributed by atoms with Gasteiger partial charge in [-0.25, -0.2) is 33.3 Å². The molecule has 15 heteroatoms.